The van der Waals surface area contributed by atoms with Crippen LogP contribution in [0.1, 0.15) is 83.9 Å². The number of fused-ring (bicyclic) bond motifs is 1. The molecule has 1 aliphatic heterocycles. The number of aromatic amines is 1. The van der Waals surface area contributed by atoms with Crippen LogP contribution in [-0.2, 0) is 38.4 Å². The number of hydrogen-bond acceptors (Lipinski definition) is 5. The summed E-state index contributed by atoms with van der Waals surface area (Å²) in [4.78, 5) is 58.2. The third-order valence-corrected chi connectivity index (χ3v) is 12.9. The molecule has 3 saturated carbocycles. The first kappa shape index (κ1) is 34.1. The van der Waals surface area contributed by atoms with Crippen molar-refractivity contribution in [3.8, 4) is 0 Å². The molecular weight excluding hydrogens is 600 g/mol. The predicted molar refractivity (Wildman–Crippen MR) is 188 cm³/mol. The number of hydrogen-bond donors (Lipinski definition) is 3. The van der Waals surface area contributed by atoms with Crippen LogP contribution in [0.15, 0.2) is 54.7 Å². The van der Waals surface area contributed by atoms with Crippen molar-refractivity contribution in [3.05, 3.63) is 71.4 Å². The van der Waals surface area contributed by atoms with E-state index in [1.807, 2.05) is 37.4 Å². The van der Waals surface area contributed by atoms with Crippen LogP contribution in [0.4, 0.5) is 0 Å². The van der Waals surface area contributed by atoms with E-state index in [2.05, 4.69) is 62.3 Å². The number of likely N-dealkylation sites (tertiary alicyclic amines) is 1. The fraction of sp³-hybridized carbons (Fsp3) is 0.550. The first-order valence-electron chi connectivity index (χ1n) is 17.8. The molecule has 4 fully saturated rings. The highest BCUT2D eigenvalue weighted by atomic mass is 16.2. The van der Waals surface area contributed by atoms with Crippen molar-refractivity contribution in [2.45, 2.75) is 105 Å². The Hall–Kier alpha value is -3.78. The Balaban J connectivity index is 0.000000312. The van der Waals surface area contributed by atoms with Crippen LogP contribution >= 0.6 is 0 Å². The van der Waals surface area contributed by atoms with Gasteiger partial charge in [-0.25, -0.2) is 0 Å². The monoisotopic (exact) mass is 652 g/mol. The standard InChI is InChI=1S/C29H36N4O4.C11H16/c1-15(34)21(9-16-12-31-20-8-6-5-7-18(16)20)32-25(36)22-10-17(30)13-33(22)26(37)23-19-11-27(2)14-28(3,24(23)35)29(19,27)4;1-3-7-11-9-6-5-8-10(11)4-2/h5-8,12,17,19,21-23,31H,9-11,13-14,30H2,1-4H3,(H,32,36);5-6,8-9H,3-4,7H2,1-2H3/t17-,19?,21+,22-,23?,27?,28?,29?;/m1./s1. The Kier molecular flexibility index (Phi) is 8.94. The van der Waals surface area contributed by atoms with E-state index in [-0.39, 0.29) is 52.7 Å². The molecule has 1 aromatic heterocycles. The second-order valence-corrected chi connectivity index (χ2v) is 15.5. The summed E-state index contributed by atoms with van der Waals surface area (Å²) in [5.41, 5.74) is 10.7. The molecule has 0 radical (unpaired) electrons. The molecule has 4 aliphatic rings. The molecule has 7 rings (SSSR count). The minimum Gasteiger partial charge on any atom is -0.361 e. The van der Waals surface area contributed by atoms with Gasteiger partial charge in [0.05, 0.1) is 6.04 Å². The molecule has 8 nitrogen and oxygen atoms in total. The maximum Gasteiger partial charge on any atom is 0.243 e. The number of amides is 2. The number of rotatable bonds is 9. The number of aryl methyl sites for hydroxylation is 2. The summed E-state index contributed by atoms with van der Waals surface area (Å²) in [6, 6.07) is 14.7. The summed E-state index contributed by atoms with van der Waals surface area (Å²) in [6.45, 7) is 12.6. The minimum absolute atomic E-state index is 0.0172. The summed E-state index contributed by atoms with van der Waals surface area (Å²) in [5, 5.41) is 3.91. The van der Waals surface area contributed by atoms with E-state index in [1.54, 1.807) is 0 Å². The van der Waals surface area contributed by atoms with Crippen molar-refractivity contribution < 1.29 is 19.2 Å². The normalized spacial score (nSPS) is 32.1. The lowest BCUT2D eigenvalue weighted by molar-refractivity contribution is -0.270. The molecule has 3 aliphatic carbocycles. The highest BCUT2D eigenvalue weighted by molar-refractivity contribution is 6.09. The summed E-state index contributed by atoms with van der Waals surface area (Å²) in [6.07, 6.45) is 7.85. The Morgan fingerprint density at radius 1 is 1.02 bits per heavy atom. The van der Waals surface area contributed by atoms with Crippen LogP contribution in [0.25, 0.3) is 10.9 Å². The number of carbonyl (C=O) groups is 4. The van der Waals surface area contributed by atoms with E-state index in [0.29, 0.717) is 12.8 Å². The zero-order chi connectivity index (χ0) is 34.6. The van der Waals surface area contributed by atoms with Gasteiger partial charge in [0.1, 0.15) is 12.0 Å². The van der Waals surface area contributed by atoms with Gasteiger partial charge >= 0.3 is 0 Å². The van der Waals surface area contributed by atoms with Gasteiger partial charge in [-0.15, -0.1) is 0 Å². The number of aromatic nitrogens is 1. The summed E-state index contributed by atoms with van der Waals surface area (Å²) in [5.74, 6) is -1.47. The second kappa shape index (κ2) is 12.6. The molecule has 8 atom stereocenters. The van der Waals surface area contributed by atoms with Gasteiger partial charge < -0.3 is 20.9 Å². The van der Waals surface area contributed by atoms with Crippen molar-refractivity contribution in [3.63, 3.8) is 0 Å². The number of carbonyl (C=O) groups excluding carboxylic acids is 4. The molecule has 2 heterocycles. The molecular formula is C40H52N4O4. The highest BCUT2D eigenvalue weighted by Crippen LogP contribution is 2.86. The number of H-pyrrole nitrogens is 1. The van der Waals surface area contributed by atoms with Gasteiger partial charge in [0.15, 0.2) is 11.6 Å². The number of Topliss-reactive ketones (excluding diaryl/α,β-unsaturated/α-hetero) is 2. The van der Waals surface area contributed by atoms with Crippen molar-refractivity contribution >= 4 is 34.3 Å². The average molecular weight is 653 g/mol. The SMILES string of the molecule is CC(=O)[C@H](Cc1c[nH]c2ccccc12)NC(=O)[C@H]1C[C@@H](N)CN1C(=O)C1C(=O)C2(C)CC3(C)CC1C32C.CCCc1ccccc1CC. The molecule has 5 unspecified atom stereocenters. The molecule has 4 N–H and O–H groups in total. The number of para-hydroxylation sites is 1. The van der Waals surface area contributed by atoms with Crippen LogP contribution in [0.2, 0.25) is 0 Å². The van der Waals surface area contributed by atoms with Crippen LogP contribution in [0.3, 0.4) is 0 Å². The smallest absolute Gasteiger partial charge is 0.243 e. The van der Waals surface area contributed by atoms with Gasteiger partial charge in [0.25, 0.3) is 0 Å². The molecule has 8 heteroatoms. The van der Waals surface area contributed by atoms with E-state index < -0.39 is 23.4 Å². The molecule has 256 valence electrons. The third kappa shape index (κ3) is 5.22. The largest absolute Gasteiger partial charge is 0.361 e. The van der Waals surface area contributed by atoms with E-state index in [1.165, 1.54) is 35.8 Å². The molecule has 2 aromatic carbocycles. The lowest BCUT2D eigenvalue weighted by Crippen LogP contribution is -2.70. The first-order chi connectivity index (χ1) is 22.8. The average Bonchev–Trinajstić information content (AvgIpc) is 3.67. The highest BCUT2D eigenvalue weighted by Gasteiger charge is 2.85. The maximum atomic E-state index is 13.9. The summed E-state index contributed by atoms with van der Waals surface area (Å²) < 4.78 is 0. The van der Waals surface area contributed by atoms with Crippen molar-refractivity contribution in [1.29, 1.82) is 0 Å². The lowest BCUT2D eigenvalue weighted by Gasteiger charge is -2.74. The number of nitrogens with zero attached hydrogens (tertiary/aromatic N) is 1. The molecule has 0 bridgehead atoms. The van der Waals surface area contributed by atoms with E-state index in [0.717, 1.165) is 35.7 Å². The zero-order valence-electron chi connectivity index (χ0n) is 29.4. The lowest BCUT2D eigenvalue weighted by atomic mass is 9.28. The van der Waals surface area contributed by atoms with Gasteiger partial charge in [0, 0.05) is 41.5 Å². The summed E-state index contributed by atoms with van der Waals surface area (Å²) >= 11 is 0. The van der Waals surface area contributed by atoms with Gasteiger partial charge in [-0.1, -0.05) is 83.5 Å². The third-order valence-electron chi connectivity index (χ3n) is 12.9. The Morgan fingerprint density at radius 3 is 2.35 bits per heavy atom. The molecule has 1 saturated heterocycles. The number of nitrogens with two attached hydrogens (primary N) is 1. The van der Waals surface area contributed by atoms with E-state index in [9.17, 15) is 19.2 Å². The van der Waals surface area contributed by atoms with Gasteiger partial charge in [0.2, 0.25) is 11.8 Å². The van der Waals surface area contributed by atoms with E-state index >= 15 is 0 Å². The zero-order valence-corrected chi connectivity index (χ0v) is 29.4. The quantitative estimate of drug-likeness (QED) is 0.261. The van der Waals surface area contributed by atoms with Crippen LogP contribution < -0.4 is 11.1 Å². The first-order valence-corrected chi connectivity index (χ1v) is 17.8. The Morgan fingerprint density at radius 2 is 1.71 bits per heavy atom. The topological polar surface area (TPSA) is 125 Å². The number of nitrogens with one attached hydrogen (secondary N) is 2. The molecule has 2 amide bonds. The second-order valence-electron chi connectivity index (χ2n) is 15.5. The molecule has 3 aromatic rings. The van der Waals surface area contributed by atoms with Crippen molar-refractivity contribution in [2.75, 3.05) is 6.54 Å². The minimum atomic E-state index is -0.787. The molecule has 48 heavy (non-hydrogen) atoms. The Bertz CT molecular complexity index is 1750. The van der Waals surface area contributed by atoms with E-state index in [4.69, 9.17) is 5.73 Å². The van der Waals surface area contributed by atoms with Gasteiger partial charge in [-0.2, -0.15) is 0 Å². The van der Waals surface area contributed by atoms with Crippen LogP contribution in [0, 0.1) is 28.1 Å². The van der Waals surface area contributed by atoms with Gasteiger partial charge in [-0.05, 0) is 78.5 Å². The maximum absolute atomic E-state index is 13.9. The number of ketones is 2. The van der Waals surface area contributed by atoms with Crippen molar-refractivity contribution in [1.82, 2.24) is 15.2 Å². The van der Waals surface area contributed by atoms with Crippen molar-refractivity contribution in [2.24, 2.45) is 33.8 Å². The van der Waals surface area contributed by atoms with Crippen LogP contribution in [0.5, 0.6) is 0 Å². The van der Waals surface area contributed by atoms with Gasteiger partial charge in [-0.3, -0.25) is 19.2 Å². The fourth-order valence-corrected chi connectivity index (χ4v) is 10.1. The number of benzene rings is 2. The Labute approximate surface area is 284 Å². The summed E-state index contributed by atoms with van der Waals surface area (Å²) in [7, 11) is 0. The van der Waals surface area contributed by atoms with Crippen LogP contribution in [-0.4, -0.2) is 57.9 Å². The molecule has 0 spiro atoms. The fourth-order valence-electron chi connectivity index (χ4n) is 10.1. The predicted octanol–water partition coefficient (Wildman–Crippen LogP) is 5.56.